The maximum Gasteiger partial charge on any atom is 0.255 e. The number of amides is 1. The van der Waals surface area contributed by atoms with Gasteiger partial charge < -0.3 is 15.8 Å². The summed E-state index contributed by atoms with van der Waals surface area (Å²) >= 11 is 0. The quantitative estimate of drug-likeness (QED) is 0.812. The van der Waals surface area contributed by atoms with Crippen LogP contribution in [-0.4, -0.2) is 25.6 Å². The van der Waals surface area contributed by atoms with E-state index in [0.717, 1.165) is 18.4 Å². The highest BCUT2D eigenvalue weighted by molar-refractivity contribution is 5.85. The van der Waals surface area contributed by atoms with E-state index in [2.05, 4.69) is 5.32 Å². The lowest BCUT2D eigenvalue weighted by Gasteiger charge is -2.34. The monoisotopic (exact) mass is 378 g/mol. The van der Waals surface area contributed by atoms with Crippen LogP contribution in [0.2, 0.25) is 0 Å². The number of hydrogen-bond acceptors (Lipinski definition) is 3. The smallest absolute Gasteiger partial charge is 0.255 e. The molecule has 26 heavy (non-hydrogen) atoms. The second-order valence-corrected chi connectivity index (χ2v) is 6.45. The van der Waals surface area contributed by atoms with Crippen molar-refractivity contribution in [1.82, 2.24) is 5.32 Å². The highest BCUT2D eigenvalue weighted by atomic mass is 35.5. The number of hydrogen-bond donors (Lipinski definition) is 2. The lowest BCUT2D eigenvalue weighted by molar-refractivity contribution is -0.119. The van der Waals surface area contributed by atoms with Crippen LogP contribution in [0, 0.1) is 5.82 Å². The Kier molecular flexibility index (Phi) is 7.00. The highest BCUT2D eigenvalue weighted by Gasteiger charge is 2.29. The first kappa shape index (κ1) is 20.2. The Morgan fingerprint density at radius 2 is 2.08 bits per heavy atom. The number of carbonyl (C=O) groups is 1. The molecule has 0 spiro atoms. The molecule has 1 amide bonds. The molecule has 0 saturated carbocycles. The van der Waals surface area contributed by atoms with E-state index >= 15 is 0 Å². The van der Waals surface area contributed by atoms with Gasteiger partial charge in [0.2, 0.25) is 0 Å². The van der Waals surface area contributed by atoms with E-state index in [1.54, 1.807) is 6.07 Å². The van der Waals surface area contributed by atoms with Crippen LogP contribution in [-0.2, 0) is 17.6 Å². The molecular weight excluding hydrogens is 355 g/mol. The van der Waals surface area contributed by atoms with Crippen LogP contribution in [0.15, 0.2) is 42.5 Å². The molecule has 1 aliphatic carbocycles. The summed E-state index contributed by atoms with van der Waals surface area (Å²) in [5.41, 5.74) is 8.26. The molecule has 1 aliphatic rings. The molecule has 4 nitrogen and oxygen atoms in total. The zero-order valence-electron chi connectivity index (χ0n) is 14.7. The summed E-state index contributed by atoms with van der Waals surface area (Å²) in [6.07, 6.45) is 2.58. The lowest BCUT2D eigenvalue weighted by atomic mass is 9.76. The molecule has 3 N–H and O–H groups in total. The summed E-state index contributed by atoms with van der Waals surface area (Å²) in [5.74, 6) is 0.0787. The molecule has 0 aliphatic heterocycles. The first-order chi connectivity index (χ1) is 12.1. The van der Waals surface area contributed by atoms with E-state index in [9.17, 15) is 9.18 Å². The van der Waals surface area contributed by atoms with E-state index in [0.29, 0.717) is 17.7 Å². The van der Waals surface area contributed by atoms with Gasteiger partial charge in [-0.3, -0.25) is 4.79 Å². The first-order valence-corrected chi connectivity index (χ1v) is 8.53. The normalized spacial score (nSPS) is 18.5. The molecule has 2 aromatic carbocycles. The molecule has 2 atom stereocenters. The number of carbonyl (C=O) groups excluding carboxylic acids is 1. The molecule has 2 unspecified atom stereocenters. The Hall–Kier alpha value is -2.11. The van der Waals surface area contributed by atoms with E-state index in [1.165, 1.54) is 11.6 Å². The summed E-state index contributed by atoms with van der Waals surface area (Å²) in [7, 11) is 1.94. The Morgan fingerprint density at radius 3 is 2.77 bits per heavy atom. The Morgan fingerprint density at radius 1 is 1.31 bits per heavy atom. The van der Waals surface area contributed by atoms with Gasteiger partial charge in [-0.1, -0.05) is 24.3 Å². The zero-order chi connectivity index (χ0) is 17.8. The molecule has 6 heteroatoms. The van der Waals surface area contributed by atoms with Crippen molar-refractivity contribution in [2.45, 2.75) is 31.2 Å². The molecular formula is C20H24ClFN2O2. The fraction of sp³-hybridized carbons (Fsp3) is 0.350. The van der Waals surface area contributed by atoms with Crippen LogP contribution in [0.25, 0.3) is 0 Å². The molecule has 140 valence electrons. The largest absolute Gasteiger partial charge is 0.484 e. The van der Waals surface area contributed by atoms with Crippen molar-refractivity contribution >= 4 is 18.3 Å². The minimum atomic E-state index is -0.506. The summed E-state index contributed by atoms with van der Waals surface area (Å²) in [4.78, 5) is 10.9. The van der Waals surface area contributed by atoms with E-state index < -0.39 is 5.91 Å². The minimum Gasteiger partial charge on any atom is -0.484 e. The van der Waals surface area contributed by atoms with Crippen molar-refractivity contribution in [3.63, 3.8) is 0 Å². The third kappa shape index (κ3) is 4.54. The minimum absolute atomic E-state index is 0. The molecule has 0 heterocycles. The van der Waals surface area contributed by atoms with Crippen molar-refractivity contribution in [1.29, 1.82) is 0 Å². The third-order valence-electron chi connectivity index (χ3n) is 4.88. The standard InChI is InChI=1S/C20H23FN2O2.ClH/c1-23-19-9-7-13-6-8-15(25-12-20(22)24)11-16(13)17(19)10-14-4-2-3-5-18(14)21;/h2-6,8,11,17,19,23H,7,9-10,12H2,1H3,(H2,22,24);1H. The van der Waals surface area contributed by atoms with Crippen molar-refractivity contribution in [2.75, 3.05) is 13.7 Å². The predicted octanol–water partition coefficient (Wildman–Crippen LogP) is 2.97. The highest BCUT2D eigenvalue weighted by Crippen LogP contribution is 2.36. The molecule has 0 bridgehead atoms. The van der Waals surface area contributed by atoms with Gasteiger partial charge in [0.1, 0.15) is 11.6 Å². The Labute approximate surface area is 159 Å². The van der Waals surface area contributed by atoms with Crippen LogP contribution in [0.5, 0.6) is 5.75 Å². The number of fused-ring (bicyclic) bond motifs is 1. The number of likely N-dealkylation sites (N-methyl/N-ethyl adjacent to an activating group) is 1. The maximum absolute atomic E-state index is 14.1. The van der Waals surface area contributed by atoms with Gasteiger partial charge in [0.25, 0.3) is 5.91 Å². The van der Waals surface area contributed by atoms with Gasteiger partial charge in [0.05, 0.1) is 0 Å². The average molecular weight is 379 g/mol. The fourth-order valence-electron chi connectivity index (χ4n) is 3.62. The van der Waals surface area contributed by atoms with Gasteiger partial charge in [-0.2, -0.15) is 0 Å². The molecule has 0 saturated heterocycles. The zero-order valence-corrected chi connectivity index (χ0v) is 15.5. The predicted molar refractivity (Wildman–Crippen MR) is 102 cm³/mol. The number of primary amides is 1. The van der Waals surface area contributed by atoms with E-state index in [1.807, 2.05) is 37.4 Å². The summed E-state index contributed by atoms with van der Waals surface area (Å²) < 4.78 is 19.6. The maximum atomic E-state index is 14.1. The number of halogens is 2. The third-order valence-corrected chi connectivity index (χ3v) is 4.88. The molecule has 2 aromatic rings. The van der Waals surface area contributed by atoms with Crippen molar-refractivity contribution in [3.05, 3.63) is 65.0 Å². The van der Waals surface area contributed by atoms with Gasteiger partial charge in [0, 0.05) is 12.0 Å². The van der Waals surface area contributed by atoms with Gasteiger partial charge in [0.15, 0.2) is 6.61 Å². The van der Waals surface area contributed by atoms with Crippen molar-refractivity contribution in [3.8, 4) is 5.75 Å². The second kappa shape index (κ2) is 9.01. The van der Waals surface area contributed by atoms with Crippen LogP contribution in [0.4, 0.5) is 4.39 Å². The van der Waals surface area contributed by atoms with Gasteiger partial charge >= 0.3 is 0 Å². The molecule has 0 fully saturated rings. The fourth-order valence-corrected chi connectivity index (χ4v) is 3.62. The number of rotatable bonds is 6. The lowest BCUT2D eigenvalue weighted by Crippen LogP contribution is -2.37. The number of nitrogens with one attached hydrogen (secondary N) is 1. The Bertz CT molecular complexity index is 769. The SMILES string of the molecule is CNC1CCc2ccc(OCC(N)=O)cc2C1Cc1ccccc1F.Cl. The van der Waals surface area contributed by atoms with Gasteiger partial charge in [-0.25, -0.2) is 4.39 Å². The summed E-state index contributed by atoms with van der Waals surface area (Å²) in [5, 5.41) is 3.37. The van der Waals surface area contributed by atoms with E-state index in [-0.39, 0.29) is 36.8 Å². The topological polar surface area (TPSA) is 64.3 Å². The number of benzene rings is 2. The van der Waals surface area contributed by atoms with Crippen LogP contribution in [0.1, 0.15) is 29.0 Å². The Balaban J connectivity index is 0.00000243. The van der Waals surface area contributed by atoms with Crippen LogP contribution in [0.3, 0.4) is 0 Å². The number of nitrogens with two attached hydrogens (primary N) is 1. The molecule has 0 radical (unpaired) electrons. The van der Waals surface area contributed by atoms with Crippen molar-refractivity contribution < 1.29 is 13.9 Å². The summed E-state index contributed by atoms with van der Waals surface area (Å²) in [6, 6.07) is 13.0. The van der Waals surface area contributed by atoms with Gasteiger partial charge in [-0.05, 0) is 61.2 Å². The van der Waals surface area contributed by atoms with Crippen LogP contribution < -0.4 is 15.8 Å². The number of ether oxygens (including phenoxy) is 1. The average Bonchev–Trinajstić information content (AvgIpc) is 2.62. The van der Waals surface area contributed by atoms with E-state index in [4.69, 9.17) is 10.5 Å². The van der Waals surface area contributed by atoms with Gasteiger partial charge in [-0.15, -0.1) is 12.4 Å². The van der Waals surface area contributed by atoms with Crippen LogP contribution >= 0.6 is 12.4 Å². The molecule has 3 rings (SSSR count). The second-order valence-electron chi connectivity index (χ2n) is 6.45. The van der Waals surface area contributed by atoms with Crippen molar-refractivity contribution in [2.24, 2.45) is 5.73 Å². The molecule has 0 aromatic heterocycles. The first-order valence-electron chi connectivity index (χ1n) is 8.53. The number of aryl methyl sites for hydroxylation is 1. The summed E-state index contributed by atoms with van der Waals surface area (Å²) in [6.45, 7) is -0.147.